The first-order valence-corrected chi connectivity index (χ1v) is 10.5. The number of rotatable bonds is 21. The van der Waals surface area contributed by atoms with Crippen molar-refractivity contribution in [2.75, 3.05) is 78.5 Å². The zero-order valence-electron chi connectivity index (χ0n) is 23.2. The van der Waals surface area contributed by atoms with Crippen molar-refractivity contribution in [1.29, 1.82) is 0 Å². The Morgan fingerprint density at radius 3 is 0.727 bits per heavy atom. The Bertz CT molecular complexity index is 531. The molecule has 0 heterocycles. The van der Waals surface area contributed by atoms with Crippen LogP contribution in [0.1, 0.15) is 0 Å². The molecule has 0 amide bonds. The standard InChI is InChI=1S/3C6H12N2O4.2H2O.4O.2U/c3*9-5(10)3-7-1-2-8-4-6(11)12;;;;;;;;/h3*7-8H,1-4H2,(H,9,10)(H,11,12);2*1H2;;;;;;/q;;;;;4*-2;;/p-4. The summed E-state index contributed by atoms with van der Waals surface area (Å²) in [5.74, 6) is -6.97. The smallest absolute Gasteiger partial charge is 0.126 e. The SMILES string of the molecule is O.O.O=C([O-])CNCCNCC(=O)[O-].O=C([O-])CNCCNCC(=O)[O-].O=C([O-])C[NH2+]CC[NH2+]CC(=O)[O-].[O-2].[O-2].[O-2].[O-2].[U].[U]. The van der Waals surface area contributed by atoms with Gasteiger partial charge in [0.2, 0.25) is 0 Å². The van der Waals surface area contributed by atoms with Crippen LogP contribution in [-0.4, -0.2) is 125 Å². The van der Waals surface area contributed by atoms with Gasteiger partial charge in [-0.05, 0) is 0 Å². The van der Waals surface area contributed by atoms with E-state index >= 15 is 0 Å². The minimum Gasteiger partial charge on any atom is -2.00 e. The molecule has 0 aliphatic heterocycles. The van der Waals surface area contributed by atoms with Gasteiger partial charge in [0.05, 0.1) is 35.8 Å². The number of carboxylic acid groups (broad SMARTS) is 6. The number of carbonyl (C=O) groups excluding carboxylic acids is 6. The molecule has 266 valence electrons. The molecule has 0 fully saturated rings. The van der Waals surface area contributed by atoms with Gasteiger partial charge in [0.1, 0.15) is 26.2 Å². The molecule has 0 spiro atoms. The van der Waals surface area contributed by atoms with Gasteiger partial charge in [0.25, 0.3) is 0 Å². The topological polar surface area (TPSA) is 499 Å². The van der Waals surface area contributed by atoms with Gasteiger partial charge in [0, 0.05) is 115 Å². The summed E-state index contributed by atoms with van der Waals surface area (Å²) in [7, 11) is 0. The average Bonchev–Trinajstić information content (AvgIpc) is 2.75. The fraction of sp³-hybridized carbons (Fsp3) is 0.667. The zero-order valence-corrected chi connectivity index (χ0v) is 31.5. The summed E-state index contributed by atoms with van der Waals surface area (Å²) in [6.45, 7) is 1.53. The van der Waals surface area contributed by atoms with Crippen molar-refractivity contribution in [2.24, 2.45) is 0 Å². The molecule has 0 aromatic carbocycles. The van der Waals surface area contributed by atoms with Crippen LogP contribution in [-0.2, 0) is 50.7 Å². The molecule has 12 N–H and O–H groups in total. The number of aliphatic carboxylic acids is 6. The molecule has 26 heteroatoms. The quantitative estimate of drug-likeness (QED) is 0.0581. The molecule has 0 aromatic heterocycles. The zero-order chi connectivity index (χ0) is 28.2. The maximum absolute atomic E-state index is 9.88. The summed E-state index contributed by atoms with van der Waals surface area (Å²) < 4.78 is 0. The van der Waals surface area contributed by atoms with E-state index in [1.807, 2.05) is 0 Å². The third-order valence-electron chi connectivity index (χ3n) is 3.23. The maximum Gasteiger partial charge on any atom is 0.126 e. The van der Waals surface area contributed by atoms with Crippen molar-refractivity contribution in [2.45, 2.75) is 0 Å². The summed E-state index contributed by atoms with van der Waals surface area (Å²) in [5, 5.41) is 72.3. The molecule has 0 saturated heterocycles. The third kappa shape index (κ3) is 97.2. The monoisotopic (exact) mass is 1100 g/mol. The largest absolute Gasteiger partial charge is 2.00 e. The van der Waals surface area contributed by atoms with Crippen molar-refractivity contribution in [3.8, 4) is 0 Å². The molecule has 0 atom stereocenters. The fourth-order valence-electron chi connectivity index (χ4n) is 1.79. The van der Waals surface area contributed by atoms with Crippen LogP contribution in [0.3, 0.4) is 0 Å². The number of carbonyl (C=O) groups is 6. The van der Waals surface area contributed by atoms with Crippen molar-refractivity contribution in [1.82, 2.24) is 21.3 Å². The van der Waals surface area contributed by atoms with Crippen LogP contribution in [0.2, 0.25) is 0 Å². The molecule has 0 saturated carbocycles. The van der Waals surface area contributed by atoms with Crippen LogP contribution in [0.15, 0.2) is 0 Å². The molecule has 24 nitrogen and oxygen atoms in total. The number of nitrogens with one attached hydrogen (secondary N) is 4. The van der Waals surface area contributed by atoms with E-state index < -0.39 is 35.8 Å². The van der Waals surface area contributed by atoms with Crippen molar-refractivity contribution >= 4 is 35.8 Å². The second-order valence-corrected chi connectivity index (χ2v) is 6.50. The minimum absolute atomic E-state index is 0. The van der Waals surface area contributed by atoms with Gasteiger partial charge in [-0.25, -0.2) is 0 Å². The molecule has 0 bridgehead atoms. The van der Waals surface area contributed by atoms with E-state index in [1.165, 1.54) is 0 Å². The maximum atomic E-state index is 9.88. The van der Waals surface area contributed by atoms with Gasteiger partial charge in [0.15, 0.2) is 0 Å². The van der Waals surface area contributed by atoms with Crippen molar-refractivity contribution < 1.29 is 165 Å². The third-order valence-corrected chi connectivity index (χ3v) is 3.23. The molecule has 0 unspecified atom stereocenters. The summed E-state index contributed by atoms with van der Waals surface area (Å²) in [4.78, 5) is 59.1. The van der Waals surface area contributed by atoms with Crippen molar-refractivity contribution in [3.05, 3.63) is 0 Å². The Morgan fingerprint density at radius 2 is 0.591 bits per heavy atom. The molecule has 0 aromatic rings. The molecule has 0 radical (unpaired) electrons. The number of hydrogen-bond donors (Lipinski definition) is 6. The van der Waals surface area contributed by atoms with E-state index in [2.05, 4.69) is 21.3 Å². The normalized spacial score (nSPS) is 7.91. The van der Waals surface area contributed by atoms with E-state index in [0.29, 0.717) is 39.3 Å². The van der Waals surface area contributed by atoms with Crippen LogP contribution in [0.4, 0.5) is 0 Å². The van der Waals surface area contributed by atoms with Gasteiger partial charge in [-0.15, -0.1) is 0 Å². The molecule has 0 aliphatic carbocycles. The number of hydrogen-bond acceptors (Lipinski definition) is 16. The number of quaternary nitrogens is 2. The Balaban J connectivity index is -0.0000000378. The van der Waals surface area contributed by atoms with Crippen molar-refractivity contribution in [3.63, 3.8) is 0 Å². The van der Waals surface area contributed by atoms with Crippen LogP contribution in [0, 0.1) is 62.2 Å². The Kier molecular flexibility index (Phi) is 95.8. The molecular weight excluding hydrogens is 1060 g/mol. The van der Waals surface area contributed by atoms with Gasteiger partial charge in [-0.1, -0.05) is 0 Å². The second-order valence-electron chi connectivity index (χ2n) is 6.50. The summed E-state index contributed by atoms with van der Waals surface area (Å²) >= 11 is 0. The van der Waals surface area contributed by atoms with E-state index in [0.717, 1.165) is 0 Å². The van der Waals surface area contributed by atoms with Crippen LogP contribution < -0.4 is 62.5 Å². The first kappa shape index (κ1) is 73.7. The summed E-state index contributed by atoms with van der Waals surface area (Å²) in [6, 6.07) is 0. The van der Waals surface area contributed by atoms with Gasteiger partial charge >= 0.3 is 0 Å². The van der Waals surface area contributed by atoms with E-state index in [-0.39, 0.29) is 134 Å². The molecule has 0 rings (SSSR count). The Morgan fingerprint density at radius 1 is 0.409 bits per heavy atom. The molecule has 0 aliphatic rings. The molecule has 44 heavy (non-hydrogen) atoms. The predicted octanol–water partition coefficient (Wildman–Crippen LogP) is -17.2. The van der Waals surface area contributed by atoms with E-state index in [1.54, 1.807) is 10.6 Å². The predicted molar refractivity (Wildman–Crippen MR) is 115 cm³/mol. The first-order chi connectivity index (χ1) is 16.9. The number of nitrogens with two attached hydrogens (primary N) is 2. The first-order valence-electron chi connectivity index (χ1n) is 10.5. The summed E-state index contributed by atoms with van der Waals surface area (Å²) in [6.07, 6.45) is 0. The fourth-order valence-corrected chi connectivity index (χ4v) is 1.79. The van der Waals surface area contributed by atoms with Crippen LogP contribution in [0.25, 0.3) is 0 Å². The summed E-state index contributed by atoms with van der Waals surface area (Å²) in [5.41, 5.74) is 0. The Hall–Kier alpha value is -1.56. The van der Waals surface area contributed by atoms with Gasteiger partial charge in [-0.2, -0.15) is 0 Å². The number of carboxylic acids is 6. The average molecular weight is 1100 g/mol. The minimum atomic E-state index is -1.19. The van der Waals surface area contributed by atoms with E-state index in [9.17, 15) is 59.4 Å². The second kappa shape index (κ2) is 57.1. The van der Waals surface area contributed by atoms with Gasteiger partial charge < -0.3 is 124 Å². The van der Waals surface area contributed by atoms with Crippen LogP contribution in [0.5, 0.6) is 0 Å². The van der Waals surface area contributed by atoms with E-state index in [4.69, 9.17) is 0 Å². The Labute approximate surface area is 299 Å². The molecular formula is C18H36N6O18U2-12. The van der Waals surface area contributed by atoms with Gasteiger partial charge in [-0.3, -0.25) is 0 Å². The van der Waals surface area contributed by atoms with Crippen LogP contribution >= 0.6 is 0 Å².